The van der Waals surface area contributed by atoms with Crippen LogP contribution in [0.4, 0.5) is 18.9 Å². The number of carbonyl (C=O) groups is 1. The predicted octanol–water partition coefficient (Wildman–Crippen LogP) is 3.14. The lowest BCUT2D eigenvalue weighted by Gasteiger charge is -2.09. The van der Waals surface area contributed by atoms with Crippen LogP contribution in [-0.2, 0) is 6.18 Å². The van der Waals surface area contributed by atoms with Gasteiger partial charge in [0.15, 0.2) is 0 Å². The normalized spacial score (nSPS) is 11.2. The van der Waals surface area contributed by atoms with Crippen LogP contribution in [0, 0.1) is 10.1 Å². The fourth-order valence-electron chi connectivity index (χ4n) is 1.49. The van der Waals surface area contributed by atoms with Crippen molar-refractivity contribution in [2.45, 2.75) is 25.9 Å². The Morgan fingerprint density at radius 3 is 2.50 bits per heavy atom. The minimum absolute atomic E-state index is 0.305. The van der Waals surface area contributed by atoms with E-state index in [9.17, 15) is 28.1 Å². The van der Waals surface area contributed by atoms with Gasteiger partial charge in [-0.1, -0.05) is 13.3 Å². The summed E-state index contributed by atoms with van der Waals surface area (Å²) in [4.78, 5) is 21.3. The molecule has 0 spiro atoms. The summed E-state index contributed by atoms with van der Waals surface area (Å²) in [5.41, 5.74) is -2.35. The SMILES string of the molecule is CCCCNC(=O)c1cc([N+](=O)[O-])cc(C(F)(F)F)c1. The van der Waals surface area contributed by atoms with Crippen molar-refractivity contribution in [3.8, 4) is 0 Å². The van der Waals surface area contributed by atoms with Crippen LogP contribution in [0.25, 0.3) is 0 Å². The maximum absolute atomic E-state index is 12.6. The minimum Gasteiger partial charge on any atom is -0.352 e. The molecule has 0 aliphatic rings. The number of amides is 1. The van der Waals surface area contributed by atoms with Crippen molar-refractivity contribution in [2.75, 3.05) is 6.54 Å². The highest BCUT2D eigenvalue weighted by atomic mass is 19.4. The van der Waals surface area contributed by atoms with E-state index in [1.807, 2.05) is 6.92 Å². The van der Waals surface area contributed by atoms with Gasteiger partial charge in [0.25, 0.3) is 11.6 Å². The summed E-state index contributed by atoms with van der Waals surface area (Å²) >= 11 is 0. The van der Waals surface area contributed by atoms with Gasteiger partial charge >= 0.3 is 6.18 Å². The lowest BCUT2D eigenvalue weighted by atomic mass is 10.1. The number of rotatable bonds is 5. The number of nitrogens with one attached hydrogen (secondary N) is 1. The molecule has 0 saturated heterocycles. The number of hydrogen-bond donors (Lipinski definition) is 1. The Bertz CT molecular complexity index is 515. The van der Waals surface area contributed by atoms with Gasteiger partial charge in [0, 0.05) is 24.2 Å². The molecule has 0 aliphatic heterocycles. The van der Waals surface area contributed by atoms with Crippen molar-refractivity contribution in [3.63, 3.8) is 0 Å². The van der Waals surface area contributed by atoms with Crippen molar-refractivity contribution in [1.82, 2.24) is 5.32 Å². The summed E-state index contributed by atoms with van der Waals surface area (Å²) in [6, 6.07) is 1.84. The average Bonchev–Trinajstić information content (AvgIpc) is 2.37. The van der Waals surface area contributed by atoms with Crippen LogP contribution in [0.15, 0.2) is 18.2 Å². The highest BCUT2D eigenvalue weighted by molar-refractivity contribution is 5.95. The van der Waals surface area contributed by atoms with E-state index >= 15 is 0 Å². The van der Waals surface area contributed by atoms with Crippen LogP contribution >= 0.6 is 0 Å². The zero-order chi connectivity index (χ0) is 15.3. The molecule has 0 bridgehead atoms. The second-order valence-electron chi connectivity index (χ2n) is 4.13. The van der Waals surface area contributed by atoms with Crippen molar-refractivity contribution in [1.29, 1.82) is 0 Å². The van der Waals surface area contributed by atoms with Crippen LogP contribution in [0.5, 0.6) is 0 Å². The van der Waals surface area contributed by atoms with Gasteiger partial charge in [-0.05, 0) is 12.5 Å². The molecule has 0 atom stereocenters. The molecule has 20 heavy (non-hydrogen) atoms. The molecule has 1 N–H and O–H groups in total. The second-order valence-corrected chi connectivity index (χ2v) is 4.13. The number of non-ortho nitro benzene ring substituents is 1. The lowest BCUT2D eigenvalue weighted by molar-refractivity contribution is -0.385. The van der Waals surface area contributed by atoms with Crippen LogP contribution in [0.1, 0.15) is 35.7 Å². The molecule has 1 aromatic rings. The van der Waals surface area contributed by atoms with Crippen LogP contribution < -0.4 is 5.32 Å². The van der Waals surface area contributed by atoms with Gasteiger partial charge in [0.2, 0.25) is 0 Å². The number of halogens is 3. The third-order valence-electron chi connectivity index (χ3n) is 2.53. The number of carbonyl (C=O) groups excluding carboxylic acids is 1. The molecular formula is C12H13F3N2O3. The molecule has 1 aromatic carbocycles. The summed E-state index contributed by atoms with van der Waals surface area (Å²) in [7, 11) is 0. The van der Waals surface area contributed by atoms with E-state index in [1.54, 1.807) is 0 Å². The molecule has 1 amide bonds. The first-order valence-electron chi connectivity index (χ1n) is 5.90. The third kappa shape index (κ3) is 4.22. The van der Waals surface area contributed by atoms with Gasteiger partial charge < -0.3 is 5.32 Å². The highest BCUT2D eigenvalue weighted by Crippen LogP contribution is 2.32. The van der Waals surface area contributed by atoms with Crippen LogP contribution in [-0.4, -0.2) is 17.4 Å². The summed E-state index contributed by atoms with van der Waals surface area (Å²) in [5.74, 6) is -0.757. The fraction of sp³-hybridized carbons (Fsp3) is 0.417. The van der Waals surface area contributed by atoms with E-state index in [-0.39, 0.29) is 5.56 Å². The Labute approximate surface area is 112 Å². The van der Waals surface area contributed by atoms with Gasteiger partial charge in [-0.3, -0.25) is 14.9 Å². The smallest absolute Gasteiger partial charge is 0.352 e. The Morgan fingerprint density at radius 1 is 1.35 bits per heavy atom. The number of nitrogens with zero attached hydrogens (tertiary/aromatic N) is 1. The molecule has 0 heterocycles. The number of benzene rings is 1. The largest absolute Gasteiger partial charge is 0.416 e. The van der Waals surface area contributed by atoms with E-state index in [0.29, 0.717) is 25.1 Å². The van der Waals surface area contributed by atoms with Gasteiger partial charge in [-0.25, -0.2) is 0 Å². The minimum atomic E-state index is -4.75. The first kappa shape index (κ1) is 15.9. The second kappa shape index (κ2) is 6.36. The maximum Gasteiger partial charge on any atom is 0.416 e. The van der Waals surface area contributed by atoms with Gasteiger partial charge in [-0.2, -0.15) is 13.2 Å². The first-order chi connectivity index (χ1) is 9.25. The van der Waals surface area contributed by atoms with E-state index in [1.165, 1.54) is 0 Å². The summed E-state index contributed by atoms with van der Waals surface area (Å²) < 4.78 is 37.9. The molecule has 0 radical (unpaired) electrons. The maximum atomic E-state index is 12.6. The Kier molecular flexibility index (Phi) is 5.06. The van der Waals surface area contributed by atoms with Crippen LogP contribution in [0.2, 0.25) is 0 Å². The molecule has 1 rings (SSSR count). The summed E-state index contributed by atoms with van der Waals surface area (Å²) in [6.07, 6.45) is -3.26. The molecular weight excluding hydrogens is 277 g/mol. The molecule has 0 aliphatic carbocycles. The van der Waals surface area contributed by atoms with Gasteiger partial charge in [-0.15, -0.1) is 0 Å². The van der Waals surface area contributed by atoms with Crippen molar-refractivity contribution in [2.24, 2.45) is 0 Å². The van der Waals surface area contributed by atoms with Crippen LogP contribution in [0.3, 0.4) is 0 Å². The number of nitro benzene ring substituents is 1. The average molecular weight is 290 g/mol. The first-order valence-corrected chi connectivity index (χ1v) is 5.90. The van der Waals surface area contributed by atoms with Gasteiger partial charge in [0.1, 0.15) is 0 Å². The zero-order valence-electron chi connectivity index (χ0n) is 10.7. The fourth-order valence-corrected chi connectivity index (χ4v) is 1.49. The number of hydrogen-bond acceptors (Lipinski definition) is 3. The Hall–Kier alpha value is -2.12. The summed E-state index contributed by atoms with van der Waals surface area (Å²) in [6.45, 7) is 2.20. The highest BCUT2D eigenvalue weighted by Gasteiger charge is 2.33. The summed E-state index contributed by atoms with van der Waals surface area (Å²) in [5, 5.41) is 13.0. The van der Waals surface area contributed by atoms with E-state index in [4.69, 9.17) is 0 Å². The molecule has 0 unspecified atom stereocenters. The van der Waals surface area contributed by atoms with Gasteiger partial charge in [0.05, 0.1) is 10.5 Å². The number of unbranched alkanes of at least 4 members (excludes halogenated alkanes) is 1. The molecule has 0 fully saturated rings. The van der Waals surface area contributed by atoms with Crippen molar-refractivity contribution < 1.29 is 22.9 Å². The molecule has 8 heteroatoms. The Morgan fingerprint density at radius 2 is 2.00 bits per heavy atom. The van der Waals surface area contributed by atoms with Crippen molar-refractivity contribution >= 4 is 11.6 Å². The van der Waals surface area contributed by atoms with E-state index in [2.05, 4.69) is 5.32 Å². The molecule has 5 nitrogen and oxygen atoms in total. The number of nitro groups is 1. The standard InChI is InChI=1S/C12H13F3N2O3/c1-2-3-4-16-11(18)8-5-9(12(13,14)15)7-10(6-8)17(19)20/h5-7H,2-4H2,1H3,(H,16,18). The third-order valence-corrected chi connectivity index (χ3v) is 2.53. The topological polar surface area (TPSA) is 72.2 Å². The lowest BCUT2D eigenvalue weighted by Crippen LogP contribution is -2.25. The quantitative estimate of drug-likeness (QED) is 0.514. The molecule has 0 saturated carbocycles. The van der Waals surface area contributed by atoms with E-state index in [0.717, 1.165) is 12.5 Å². The molecule has 0 aromatic heterocycles. The zero-order valence-corrected chi connectivity index (χ0v) is 10.7. The monoisotopic (exact) mass is 290 g/mol. The van der Waals surface area contributed by atoms with E-state index < -0.39 is 28.3 Å². The molecule has 110 valence electrons. The predicted molar refractivity (Wildman–Crippen MR) is 65.3 cm³/mol. The number of alkyl halides is 3. The van der Waals surface area contributed by atoms with Crippen molar-refractivity contribution in [3.05, 3.63) is 39.4 Å². The Balaban J connectivity index is 3.09.